The molecule has 1 atom stereocenters. The van der Waals surface area contributed by atoms with Gasteiger partial charge in [-0.15, -0.1) is 0 Å². The normalized spacial score (nSPS) is 18.8. The smallest absolute Gasteiger partial charge is 0.223 e. The van der Waals surface area contributed by atoms with Gasteiger partial charge in [0.15, 0.2) is 5.89 Å². The van der Waals surface area contributed by atoms with Gasteiger partial charge in [0.2, 0.25) is 5.91 Å². The number of oxazole rings is 1. The SMILES string of the molecule is Cc1nc(CN2C[C@@H](Cc3ccccc3)CC2=O)co1. The molecule has 20 heavy (non-hydrogen) atoms. The Morgan fingerprint density at radius 2 is 2.15 bits per heavy atom. The fourth-order valence-corrected chi connectivity index (χ4v) is 2.77. The minimum atomic E-state index is 0.214. The zero-order valence-corrected chi connectivity index (χ0v) is 11.6. The fourth-order valence-electron chi connectivity index (χ4n) is 2.77. The van der Waals surface area contributed by atoms with Gasteiger partial charge >= 0.3 is 0 Å². The maximum Gasteiger partial charge on any atom is 0.223 e. The van der Waals surface area contributed by atoms with E-state index in [9.17, 15) is 4.79 Å². The second-order valence-corrected chi connectivity index (χ2v) is 5.39. The van der Waals surface area contributed by atoms with E-state index in [1.165, 1.54) is 5.56 Å². The van der Waals surface area contributed by atoms with Crippen molar-refractivity contribution in [1.29, 1.82) is 0 Å². The van der Waals surface area contributed by atoms with Crippen LogP contribution in [-0.4, -0.2) is 22.3 Å². The maximum atomic E-state index is 12.1. The van der Waals surface area contributed by atoms with Crippen molar-refractivity contribution in [3.05, 3.63) is 53.7 Å². The summed E-state index contributed by atoms with van der Waals surface area (Å²) in [5, 5.41) is 0. The third kappa shape index (κ3) is 2.90. The molecule has 0 spiro atoms. The summed E-state index contributed by atoms with van der Waals surface area (Å²) in [6.07, 6.45) is 3.22. The Hall–Kier alpha value is -2.10. The van der Waals surface area contributed by atoms with Crippen LogP contribution in [0.15, 0.2) is 41.0 Å². The third-order valence-electron chi connectivity index (χ3n) is 3.68. The Labute approximate surface area is 118 Å². The van der Waals surface area contributed by atoms with Crippen LogP contribution in [0.2, 0.25) is 0 Å². The van der Waals surface area contributed by atoms with Crippen molar-refractivity contribution in [3.63, 3.8) is 0 Å². The molecular weight excluding hydrogens is 252 g/mol. The first kappa shape index (κ1) is 12.9. The minimum absolute atomic E-state index is 0.214. The molecule has 0 unspecified atom stereocenters. The average Bonchev–Trinajstić information content (AvgIpc) is 2.98. The lowest BCUT2D eigenvalue weighted by molar-refractivity contribution is -0.128. The van der Waals surface area contributed by atoms with Gasteiger partial charge < -0.3 is 9.32 Å². The minimum Gasteiger partial charge on any atom is -0.449 e. The van der Waals surface area contributed by atoms with Gasteiger partial charge in [0.1, 0.15) is 6.26 Å². The van der Waals surface area contributed by atoms with Crippen molar-refractivity contribution in [3.8, 4) is 0 Å². The van der Waals surface area contributed by atoms with Crippen LogP contribution in [-0.2, 0) is 17.8 Å². The van der Waals surface area contributed by atoms with Crippen LogP contribution in [0.25, 0.3) is 0 Å². The van der Waals surface area contributed by atoms with Crippen LogP contribution < -0.4 is 0 Å². The van der Waals surface area contributed by atoms with Gasteiger partial charge in [-0.25, -0.2) is 4.98 Å². The van der Waals surface area contributed by atoms with Crippen molar-refractivity contribution in [2.24, 2.45) is 5.92 Å². The summed E-state index contributed by atoms with van der Waals surface area (Å²) in [6, 6.07) is 10.3. The van der Waals surface area contributed by atoms with Crippen molar-refractivity contribution in [2.45, 2.75) is 26.3 Å². The Kier molecular flexibility index (Phi) is 3.54. The van der Waals surface area contributed by atoms with Gasteiger partial charge in [-0.1, -0.05) is 30.3 Å². The molecule has 2 aromatic rings. The molecule has 0 saturated carbocycles. The summed E-state index contributed by atoms with van der Waals surface area (Å²) >= 11 is 0. The quantitative estimate of drug-likeness (QED) is 0.857. The predicted octanol–water partition coefficient (Wildman–Crippen LogP) is 2.57. The molecule has 0 N–H and O–H groups in total. The first-order valence-electron chi connectivity index (χ1n) is 6.93. The van der Waals surface area contributed by atoms with Crippen LogP contribution in [0.5, 0.6) is 0 Å². The largest absolute Gasteiger partial charge is 0.449 e. The number of amides is 1. The van der Waals surface area contributed by atoms with Gasteiger partial charge in [-0.3, -0.25) is 4.79 Å². The maximum absolute atomic E-state index is 12.1. The number of likely N-dealkylation sites (tertiary alicyclic amines) is 1. The van der Waals surface area contributed by atoms with E-state index in [0.29, 0.717) is 24.8 Å². The lowest BCUT2D eigenvalue weighted by Crippen LogP contribution is -2.25. The molecule has 1 saturated heterocycles. The first-order chi connectivity index (χ1) is 9.70. The topological polar surface area (TPSA) is 46.3 Å². The number of carbonyl (C=O) groups is 1. The fraction of sp³-hybridized carbons (Fsp3) is 0.375. The van der Waals surface area contributed by atoms with Gasteiger partial charge in [-0.2, -0.15) is 0 Å². The molecule has 0 aliphatic carbocycles. The zero-order chi connectivity index (χ0) is 13.9. The average molecular weight is 270 g/mol. The van der Waals surface area contributed by atoms with E-state index in [2.05, 4.69) is 17.1 Å². The monoisotopic (exact) mass is 270 g/mol. The summed E-state index contributed by atoms with van der Waals surface area (Å²) in [6.45, 7) is 3.18. The van der Waals surface area contributed by atoms with Crippen LogP contribution in [0.4, 0.5) is 0 Å². The summed E-state index contributed by atoms with van der Waals surface area (Å²) in [4.78, 5) is 18.2. The lowest BCUT2D eigenvalue weighted by atomic mass is 9.99. The van der Waals surface area contributed by atoms with Crippen LogP contribution in [0, 0.1) is 12.8 Å². The molecule has 0 radical (unpaired) electrons. The Morgan fingerprint density at radius 1 is 1.35 bits per heavy atom. The first-order valence-corrected chi connectivity index (χ1v) is 6.93. The highest BCUT2D eigenvalue weighted by Crippen LogP contribution is 2.23. The summed E-state index contributed by atoms with van der Waals surface area (Å²) in [7, 11) is 0. The Bertz CT molecular complexity index is 592. The third-order valence-corrected chi connectivity index (χ3v) is 3.68. The second kappa shape index (κ2) is 5.49. The molecule has 2 heterocycles. The van der Waals surface area contributed by atoms with Crippen molar-refractivity contribution in [1.82, 2.24) is 9.88 Å². The molecule has 4 heteroatoms. The number of aryl methyl sites for hydroxylation is 1. The Balaban J connectivity index is 1.60. The van der Waals surface area contributed by atoms with Crippen LogP contribution in [0.3, 0.4) is 0 Å². The molecule has 1 aromatic heterocycles. The molecule has 1 amide bonds. The van der Waals surface area contributed by atoms with Crippen molar-refractivity contribution in [2.75, 3.05) is 6.54 Å². The van der Waals surface area contributed by atoms with Gasteiger partial charge in [-0.05, 0) is 17.9 Å². The number of benzene rings is 1. The van der Waals surface area contributed by atoms with Gasteiger partial charge in [0.05, 0.1) is 12.2 Å². The molecule has 1 fully saturated rings. The number of hydrogen-bond donors (Lipinski definition) is 0. The van der Waals surface area contributed by atoms with E-state index >= 15 is 0 Å². The molecule has 0 bridgehead atoms. The molecule has 1 aliphatic heterocycles. The van der Waals surface area contributed by atoms with E-state index in [4.69, 9.17) is 4.42 Å². The van der Waals surface area contributed by atoms with E-state index in [0.717, 1.165) is 18.7 Å². The second-order valence-electron chi connectivity index (χ2n) is 5.39. The summed E-state index contributed by atoms with van der Waals surface area (Å²) < 4.78 is 5.18. The highest BCUT2D eigenvalue weighted by atomic mass is 16.3. The molecule has 3 rings (SSSR count). The molecular formula is C16H18N2O2. The van der Waals surface area contributed by atoms with Gasteiger partial charge in [0, 0.05) is 19.9 Å². The lowest BCUT2D eigenvalue weighted by Gasteiger charge is -2.15. The summed E-state index contributed by atoms with van der Waals surface area (Å²) in [5.74, 6) is 1.26. The van der Waals surface area contributed by atoms with Crippen LogP contribution >= 0.6 is 0 Å². The van der Waals surface area contributed by atoms with Crippen LogP contribution in [0.1, 0.15) is 23.6 Å². The molecule has 1 aromatic carbocycles. The van der Waals surface area contributed by atoms with E-state index < -0.39 is 0 Å². The summed E-state index contributed by atoms with van der Waals surface area (Å²) in [5.41, 5.74) is 2.13. The standard InChI is InChI=1S/C16H18N2O2/c1-12-17-15(11-20-12)10-18-9-14(8-16(18)19)7-13-5-3-2-4-6-13/h2-6,11,14H,7-10H2,1H3/t14-/m0/s1. The zero-order valence-electron chi connectivity index (χ0n) is 11.6. The number of carbonyl (C=O) groups excluding carboxylic acids is 1. The van der Waals surface area contributed by atoms with E-state index in [1.807, 2.05) is 30.0 Å². The van der Waals surface area contributed by atoms with Crippen molar-refractivity contribution < 1.29 is 9.21 Å². The molecule has 104 valence electrons. The number of rotatable bonds is 4. The highest BCUT2D eigenvalue weighted by Gasteiger charge is 2.29. The number of aromatic nitrogens is 1. The predicted molar refractivity (Wildman–Crippen MR) is 74.9 cm³/mol. The van der Waals surface area contributed by atoms with E-state index in [1.54, 1.807) is 6.26 Å². The van der Waals surface area contributed by atoms with E-state index in [-0.39, 0.29) is 5.91 Å². The highest BCUT2D eigenvalue weighted by molar-refractivity contribution is 5.78. The number of hydrogen-bond acceptors (Lipinski definition) is 3. The molecule has 1 aliphatic rings. The molecule has 4 nitrogen and oxygen atoms in total. The number of nitrogens with zero attached hydrogens (tertiary/aromatic N) is 2. The van der Waals surface area contributed by atoms with Gasteiger partial charge in [0.25, 0.3) is 0 Å². The van der Waals surface area contributed by atoms with Crippen molar-refractivity contribution >= 4 is 5.91 Å². The Morgan fingerprint density at radius 3 is 2.85 bits per heavy atom.